The van der Waals surface area contributed by atoms with E-state index in [1.54, 1.807) is 0 Å². The van der Waals surface area contributed by atoms with Crippen LogP contribution in [0.25, 0.3) is 11.1 Å². The summed E-state index contributed by atoms with van der Waals surface area (Å²) in [6.45, 7) is 6.68. The molecule has 0 aliphatic heterocycles. The third-order valence-electron chi connectivity index (χ3n) is 2.82. The predicted molar refractivity (Wildman–Crippen MR) is 75.0 cm³/mol. The van der Waals surface area contributed by atoms with Gasteiger partial charge in [0.05, 0.1) is 0 Å². The van der Waals surface area contributed by atoms with E-state index in [0.29, 0.717) is 0 Å². The minimum Gasteiger partial charge on any atom is -0.274 e. The van der Waals surface area contributed by atoms with Crippen molar-refractivity contribution in [1.29, 1.82) is 0 Å². The van der Waals surface area contributed by atoms with E-state index >= 15 is 0 Å². The third-order valence-corrected chi connectivity index (χ3v) is 3.41. The lowest BCUT2D eigenvalue weighted by atomic mass is 9.86. The molecule has 0 aliphatic carbocycles. The van der Waals surface area contributed by atoms with Crippen molar-refractivity contribution in [3.63, 3.8) is 0 Å². The molecule has 2 aromatic rings. The van der Waals surface area contributed by atoms with Crippen LogP contribution in [0.2, 0.25) is 0 Å². The molecule has 2 rings (SSSR count). The summed E-state index contributed by atoms with van der Waals surface area (Å²) in [5.41, 5.74) is 3.85. The highest BCUT2D eigenvalue weighted by molar-refractivity contribution is 9.10. The van der Waals surface area contributed by atoms with Crippen LogP contribution >= 0.6 is 15.9 Å². The largest absolute Gasteiger partial charge is 0.274 e. The van der Waals surface area contributed by atoms with Crippen LogP contribution in [0.15, 0.2) is 35.1 Å². The molecule has 17 heavy (non-hydrogen) atoms. The van der Waals surface area contributed by atoms with E-state index in [9.17, 15) is 0 Å². The summed E-state index contributed by atoms with van der Waals surface area (Å²) in [5.74, 6) is 0. The number of hydrogen-bond donors (Lipinski definition) is 0. The third kappa shape index (κ3) is 2.60. The van der Waals surface area contributed by atoms with Crippen LogP contribution in [0.4, 0.5) is 0 Å². The Bertz CT molecular complexity index is 535. The van der Waals surface area contributed by atoms with Crippen LogP contribution in [0.1, 0.15) is 26.3 Å². The minimum atomic E-state index is 0.171. The lowest BCUT2D eigenvalue weighted by Gasteiger charge is -2.19. The Morgan fingerprint density at radius 1 is 1.24 bits per heavy atom. The molecular formula is C14H17BrN2. The van der Waals surface area contributed by atoms with Gasteiger partial charge in [-0.25, -0.2) is 0 Å². The first-order valence-electron chi connectivity index (χ1n) is 5.68. The minimum absolute atomic E-state index is 0.171. The average Bonchev–Trinajstić information content (AvgIpc) is 2.57. The summed E-state index contributed by atoms with van der Waals surface area (Å²) in [4.78, 5) is 0. The Kier molecular flexibility index (Phi) is 3.13. The van der Waals surface area contributed by atoms with Gasteiger partial charge in [0, 0.05) is 18.8 Å². The van der Waals surface area contributed by atoms with Gasteiger partial charge < -0.3 is 0 Å². The van der Waals surface area contributed by atoms with Gasteiger partial charge in [-0.15, -0.1) is 0 Å². The number of benzene rings is 1. The van der Waals surface area contributed by atoms with Crippen molar-refractivity contribution in [3.8, 4) is 11.1 Å². The fraction of sp³-hybridized carbons (Fsp3) is 0.357. The van der Waals surface area contributed by atoms with Gasteiger partial charge in [-0.1, -0.05) is 45.0 Å². The monoisotopic (exact) mass is 292 g/mol. The average molecular weight is 293 g/mol. The smallest absolute Gasteiger partial charge is 0.135 e. The molecule has 0 saturated heterocycles. The molecule has 0 radical (unpaired) electrons. The van der Waals surface area contributed by atoms with Crippen molar-refractivity contribution >= 4 is 15.9 Å². The lowest BCUT2D eigenvalue weighted by molar-refractivity contribution is 0.590. The summed E-state index contributed by atoms with van der Waals surface area (Å²) in [6, 6.07) is 8.64. The highest BCUT2D eigenvalue weighted by Gasteiger charge is 2.15. The Balaban J connectivity index is 2.50. The first kappa shape index (κ1) is 12.4. The molecule has 0 atom stereocenters. The molecule has 0 aliphatic rings. The van der Waals surface area contributed by atoms with E-state index in [4.69, 9.17) is 0 Å². The van der Waals surface area contributed by atoms with Crippen molar-refractivity contribution in [3.05, 3.63) is 40.6 Å². The number of halogens is 1. The molecule has 1 aromatic heterocycles. The molecule has 2 nitrogen and oxygen atoms in total. The van der Waals surface area contributed by atoms with Crippen molar-refractivity contribution in [2.45, 2.75) is 26.2 Å². The topological polar surface area (TPSA) is 17.8 Å². The Morgan fingerprint density at radius 3 is 2.47 bits per heavy atom. The van der Waals surface area contributed by atoms with Gasteiger partial charge >= 0.3 is 0 Å². The van der Waals surface area contributed by atoms with E-state index in [-0.39, 0.29) is 5.41 Å². The Morgan fingerprint density at radius 2 is 1.94 bits per heavy atom. The van der Waals surface area contributed by atoms with Crippen LogP contribution in [0, 0.1) is 0 Å². The molecule has 3 heteroatoms. The van der Waals surface area contributed by atoms with E-state index in [1.165, 1.54) is 11.1 Å². The van der Waals surface area contributed by atoms with Crippen molar-refractivity contribution in [1.82, 2.24) is 9.78 Å². The standard InChI is InChI=1S/C14H17BrN2/c1-14(2,3)11-7-5-6-10(8-11)12-9-17(4)16-13(12)15/h5-9H,1-4H3. The van der Waals surface area contributed by atoms with E-state index < -0.39 is 0 Å². The van der Waals surface area contributed by atoms with E-state index in [2.05, 4.69) is 66.1 Å². The van der Waals surface area contributed by atoms with Crippen molar-refractivity contribution in [2.24, 2.45) is 7.05 Å². The zero-order chi connectivity index (χ0) is 12.6. The van der Waals surface area contributed by atoms with Gasteiger partial charge in [0.1, 0.15) is 4.60 Å². The molecular weight excluding hydrogens is 276 g/mol. The molecule has 90 valence electrons. The summed E-state index contributed by atoms with van der Waals surface area (Å²) in [6.07, 6.45) is 2.03. The number of nitrogens with zero attached hydrogens (tertiary/aromatic N) is 2. The summed E-state index contributed by atoms with van der Waals surface area (Å²) < 4.78 is 2.72. The summed E-state index contributed by atoms with van der Waals surface area (Å²) in [5, 5.41) is 4.31. The number of hydrogen-bond acceptors (Lipinski definition) is 1. The molecule has 0 bridgehead atoms. The second-order valence-corrected chi connectivity index (χ2v) is 6.09. The molecule has 1 aromatic carbocycles. The van der Waals surface area contributed by atoms with Gasteiger partial charge in [-0.2, -0.15) is 5.10 Å². The first-order valence-corrected chi connectivity index (χ1v) is 6.47. The highest BCUT2D eigenvalue weighted by Crippen LogP contribution is 2.30. The number of aryl methyl sites for hydroxylation is 1. The van der Waals surface area contributed by atoms with Gasteiger partial charge in [-0.05, 0) is 32.5 Å². The molecule has 1 heterocycles. The molecule has 0 fully saturated rings. The summed E-state index contributed by atoms with van der Waals surface area (Å²) >= 11 is 3.50. The molecule has 0 amide bonds. The molecule has 0 spiro atoms. The molecule has 0 unspecified atom stereocenters. The first-order chi connectivity index (χ1) is 7.88. The van der Waals surface area contributed by atoms with Crippen molar-refractivity contribution < 1.29 is 0 Å². The summed E-state index contributed by atoms with van der Waals surface area (Å²) in [7, 11) is 1.93. The van der Waals surface area contributed by atoms with Crippen LogP contribution in [0.5, 0.6) is 0 Å². The molecule has 0 N–H and O–H groups in total. The van der Waals surface area contributed by atoms with Crippen LogP contribution < -0.4 is 0 Å². The Labute approximate surface area is 111 Å². The maximum absolute atomic E-state index is 4.31. The predicted octanol–water partition coefficient (Wildman–Crippen LogP) is 4.15. The SMILES string of the molecule is Cn1cc(-c2cccc(C(C)(C)C)c2)c(Br)n1. The number of aromatic nitrogens is 2. The van der Waals surface area contributed by atoms with Crippen LogP contribution in [0.3, 0.4) is 0 Å². The maximum Gasteiger partial charge on any atom is 0.135 e. The van der Waals surface area contributed by atoms with E-state index in [0.717, 1.165) is 10.2 Å². The van der Waals surface area contributed by atoms with Gasteiger partial charge in [-0.3, -0.25) is 4.68 Å². The van der Waals surface area contributed by atoms with Crippen molar-refractivity contribution in [2.75, 3.05) is 0 Å². The van der Waals surface area contributed by atoms with Gasteiger partial charge in [0.2, 0.25) is 0 Å². The van der Waals surface area contributed by atoms with Crippen LogP contribution in [-0.2, 0) is 12.5 Å². The quantitative estimate of drug-likeness (QED) is 0.772. The van der Waals surface area contributed by atoms with Crippen LogP contribution in [-0.4, -0.2) is 9.78 Å². The lowest BCUT2D eigenvalue weighted by Crippen LogP contribution is -2.10. The molecule has 0 saturated carbocycles. The normalized spacial score (nSPS) is 11.8. The zero-order valence-electron chi connectivity index (χ0n) is 10.7. The highest BCUT2D eigenvalue weighted by atomic mass is 79.9. The number of rotatable bonds is 1. The Hall–Kier alpha value is -1.09. The second-order valence-electron chi connectivity index (χ2n) is 5.34. The van der Waals surface area contributed by atoms with E-state index in [1.807, 2.05) is 17.9 Å². The fourth-order valence-electron chi connectivity index (χ4n) is 1.81. The fourth-order valence-corrected chi connectivity index (χ4v) is 2.39. The van der Waals surface area contributed by atoms with Gasteiger partial charge in [0.15, 0.2) is 0 Å². The maximum atomic E-state index is 4.31. The zero-order valence-corrected chi connectivity index (χ0v) is 12.2. The van der Waals surface area contributed by atoms with Gasteiger partial charge in [0.25, 0.3) is 0 Å². The second kappa shape index (κ2) is 4.30.